The molecule has 2 rings (SSSR count). The molecule has 0 N–H and O–H groups in total. The van der Waals surface area contributed by atoms with Gasteiger partial charge in [0.1, 0.15) is 5.82 Å². The Morgan fingerprint density at radius 2 is 2.05 bits per heavy atom. The van der Waals surface area contributed by atoms with Gasteiger partial charge in [-0.3, -0.25) is 4.79 Å². The third-order valence-corrected chi connectivity index (χ3v) is 3.94. The maximum Gasteiger partial charge on any atom is 0.252 e. The molecule has 1 aliphatic heterocycles. The number of halogens is 1. The first-order valence-corrected chi connectivity index (χ1v) is 7.31. The predicted molar refractivity (Wildman–Crippen MR) is 79.0 cm³/mol. The molecular formula is C15H22FN3O2. The second kappa shape index (κ2) is 6.74. The number of aromatic nitrogens is 1. The van der Waals surface area contributed by atoms with Gasteiger partial charge in [-0.25, -0.2) is 4.39 Å². The summed E-state index contributed by atoms with van der Waals surface area (Å²) in [6, 6.07) is 3.00. The van der Waals surface area contributed by atoms with Gasteiger partial charge in [0, 0.05) is 32.1 Å². The summed E-state index contributed by atoms with van der Waals surface area (Å²) in [5.74, 6) is 0.503. The smallest absolute Gasteiger partial charge is 0.252 e. The minimum absolute atomic E-state index is 0.00520. The van der Waals surface area contributed by atoms with Crippen molar-refractivity contribution >= 4 is 11.7 Å². The van der Waals surface area contributed by atoms with E-state index in [1.165, 1.54) is 13.2 Å². The van der Waals surface area contributed by atoms with Crippen LogP contribution in [-0.2, 0) is 4.79 Å². The van der Waals surface area contributed by atoms with Crippen molar-refractivity contribution in [3.8, 4) is 5.88 Å². The number of rotatable bonds is 4. The summed E-state index contributed by atoms with van der Waals surface area (Å²) in [4.78, 5) is 20.2. The lowest BCUT2D eigenvalue weighted by atomic mass is 10.1. The van der Waals surface area contributed by atoms with E-state index in [-0.39, 0.29) is 17.7 Å². The number of amides is 1. The molecule has 1 aromatic heterocycles. The van der Waals surface area contributed by atoms with Crippen molar-refractivity contribution in [2.45, 2.75) is 20.3 Å². The van der Waals surface area contributed by atoms with Gasteiger partial charge in [-0.2, -0.15) is 4.98 Å². The molecule has 1 amide bonds. The van der Waals surface area contributed by atoms with Crippen molar-refractivity contribution in [1.82, 2.24) is 9.88 Å². The average Bonchev–Trinajstić information content (AvgIpc) is 2.54. The zero-order valence-corrected chi connectivity index (χ0v) is 12.8. The van der Waals surface area contributed by atoms with E-state index in [0.717, 1.165) is 6.42 Å². The monoisotopic (exact) mass is 295 g/mol. The first kappa shape index (κ1) is 15.5. The normalized spacial score (nSPS) is 16.8. The van der Waals surface area contributed by atoms with Crippen molar-refractivity contribution in [3.63, 3.8) is 0 Å². The Hall–Kier alpha value is -1.85. The van der Waals surface area contributed by atoms with E-state index in [2.05, 4.69) is 4.98 Å². The van der Waals surface area contributed by atoms with E-state index < -0.39 is 5.82 Å². The van der Waals surface area contributed by atoms with Gasteiger partial charge in [0.15, 0.2) is 5.82 Å². The second-order valence-electron chi connectivity index (χ2n) is 5.28. The number of anilines is 1. The molecule has 1 atom stereocenters. The number of hydrogen-bond acceptors (Lipinski definition) is 4. The molecule has 0 aromatic carbocycles. The summed E-state index contributed by atoms with van der Waals surface area (Å²) in [6.07, 6.45) is 0.857. The van der Waals surface area contributed by atoms with Crippen LogP contribution in [0.5, 0.6) is 5.88 Å². The van der Waals surface area contributed by atoms with Gasteiger partial charge in [-0.05, 0) is 18.6 Å². The highest BCUT2D eigenvalue weighted by Crippen LogP contribution is 2.21. The number of carbonyl (C=O) groups is 1. The molecule has 116 valence electrons. The lowest BCUT2D eigenvalue weighted by molar-refractivity contribution is -0.135. The molecule has 0 bridgehead atoms. The Kier molecular flexibility index (Phi) is 4.98. The van der Waals surface area contributed by atoms with Gasteiger partial charge in [-0.15, -0.1) is 0 Å². The highest BCUT2D eigenvalue weighted by atomic mass is 19.1. The number of carbonyl (C=O) groups excluding carboxylic acids is 1. The predicted octanol–water partition coefficient (Wildman–Crippen LogP) is 1.92. The molecule has 1 fully saturated rings. The third-order valence-electron chi connectivity index (χ3n) is 3.94. The quantitative estimate of drug-likeness (QED) is 0.851. The van der Waals surface area contributed by atoms with Crippen LogP contribution in [0.2, 0.25) is 0 Å². The Morgan fingerprint density at radius 3 is 2.62 bits per heavy atom. The summed E-state index contributed by atoms with van der Waals surface area (Å²) in [7, 11) is 1.40. The van der Waals surface area contributed by atoms with Crippen LogP contribution in [0.15, 0.2) is 12.1 Å². The Labute approximate surface area is 124 Å². The van der Waals surface area contributed by atoms with E-state index in [9.17, 15) is 9.18 Å². The van der Waals surface area contributed by atoms with E-state index >= 15 is 0 Å². The summed E-state index contributed by atoms with van der Waals surface area (Å²) in [6.45, 7) is 6.72. The number of nitrogens with zero attached hydrogens (tertiary/aromatic N) is 3. The highest BCUT2D eigenvalue weighted by molar-refractivity contribution is 5.78. The number of hydrogen-bond donors (Lipinski definition) is 0. The molecule has 0 aliphatic carbocycles. The van der Waals surface area contributed by atoms with Crippen LogP contribution in [0.4, 0.5) is 10.2 Å². The van der Waals surface area contributed by atoms with E-state index in [1.54, 1.807) is 6.07 Å². The van der Waals surface area contributed by atoms with Crippen LogP contribution in [0.1, 0.15) is 20.3 Å². The van der Waals surface area contributed by atoms with Gasteiger partial charge >= 0.3 is 0 Å². The van der Waals surface area contributed by atoms with Crippen LogP contribution in [0.3, 0.4) is 0 Å². The van der Waals surface area contributed by atoms with Crippen LogP contribution in [0, 0.1) is 11.7 Å². The van der Waals surface area contributed by atoms with Crippen molar-refractivity contribution in [2.75, 3.05) is 38.2 Å². The summed E-state index contributed by atoms with van der Waals surface area (Å²) < 4.78 is 18.3. The van der Waals surface area contributed by atoms with Gasteiger partial charge < -0.3 is 14.5 Å². The van der Waals surface area contributed by atoms with E-state index in [4.69, 9.17) is 4.74 Å². The van der Waals surface area contributed by atoms with Crippen molar-refractivity contribution in [1.29, 1.82) is 0 Å². The molecular weight excluding hydrogens is 273 g/mol. The molecule has 21 heavy (non-hydrogen) atoms. The number of pyridine rings is 1. The number of ether oxygens (including phenoxy) is 1. The zero-order valence-electron chi connectivity index (χ0n) is 12.8. The Morgan fingerprint density at radius 1 is 1.38 bits per heavy atom. The lowest BCUT2D eigenvalue weighted by Crippen LogP contribution is -2.50. The fourth-order valence-corrected chi connectivity index (χ4v) is 2.38. The average molecular weight is 295 g/mol. The molecule has 2 heterocycles. The van der Waals surface area contributed by atoms with Crippen LogP contribution < -0.4 is 9.64 Å². The minimum atomic E-state index is -0.466. The fourth-order valence-electron chi connectivity index (χ4n) is 2.38. The minimum Gasteiger partial charge on any atom is -0.479 e. The largest absolute Gasteiger partial charge is 0.479 e. The van der Waals surface area contributed by atoms with Crippen LogP contribution >= 0.6 is 0 Å². The van der Waals surface area contributed by atoms with Gasteiger partial charge in [-0.1, -0.05) is 13.8 Å². The van der Waals surface area contributed by atoms with Crippen molar-refractivity contribution < 1.29 is 13.9 Å². The maximum absolute atomic E-state index is 13.4. The second-order valence-corrected chi connectivity index (χ2v) is 5.28. The number of piperazine rings is 1. The van der Waals surface area contributed by atoms with E-state index in [0.29, 0.717) is 32.0 Å². The zero-order chi connectivity index (χ0) is 15.4. The summed E-state index contributed by atoms with van der Waals surface area (Å²) >= 11 is 0. The van der Waals surface area contributed by atoms with Crippen LogP contribution in [0.25, 0.3) is 0 Å². The lowest BCUT2D eigenvalue weighted by Gasteiger charge is -2.36. The molecule has 5 nitrogen and oxygen atoms in total. The molecule has 1 unspecified atom stereocenters. The molecule has 6 heteroatoms. The Balaban J connectivity index is 1.99. The van der Waals surface area contributed by atoms with Gasteiger partial charge in [0.25, 0.3) is 5.88 Å². The highest BCUT2D eigenvalue weighted by Gasteiger charge is 2.24. The Bertz CT molecular complexity index is 502. The topological polar surface area (TPSA) is 45.7 Å². The third kappa shape index (κ3) is 3.43. The summed E-state index contributed by atoms with van der Waals surface area (Å²) in [5, 5.41) is 0. The standard InChI is InChI=1S/C15H22FN3O2/c1-4-11(2)15(20)19-9-7-18(8-10-19)13-6-5-12(16)14(17-13)21-3/h5-6,11H,4,7-10H2,1-3H3. The fraction of sp³-hybridized carbons (Fsp3) is 0.600. The van der Waals surface area contributed by atoms with Crippen molar-refractivity contribution in [2.24, 2.45) is 5.92 Å². The first-order valence-electron chi connectivity index (χ1n) is 7.31. The molecule has 1 aliphatic rings. The molecule has 0 spiro atoms. The molecule has 1 saturated heterocycles. The molecule has 0 saturated carbocycles. The number of methoxy groups -OCH3 is 1. The maximum atomic E-state index is 13.4. The van der Waals surface area contributed by atoms with E-state index in [1.807, 2.05) is 23.6 Å². The summed E-state index contributed by atoms with van der Waals surface area (Å²) in [5.41, 5.74) is 0. The molecule has 0 radical (unpaired) electrons. The van der Waals surface area contributed by atoms with Crippen molar-refractivity contribution in [3.05, 3.63) is 17.9 Å². The first-order chi connectivity index (χ1) is 10.1. The van der Waals surface area contributed by atoms with Gasteiger partial charge in [0.05, 0.1) is 7.11 Å². The molecule has 1 aromatic rings. The van der Waals surface area contributed by atoms with Gasteiger partial charge in [0.2, 0.25) is 5.91 Å². The van der Waals surface area contributed by atoms with Crippen LogP contribution in [-0.4, -0.2) is 49.1 Å². The SMILES string of the molecule is CCC(C)C(=O)N1CCN(c2ccc(F)c(OC)n2)CC1.